The van der Waals surface area contributed by atoms with Gasteiger partial charge in [0.1, 0.15) is 6.04 Å². The zero-order chi connectivity index (χ0) is 12.3. The van der Waals surface area contributed by atoms with Gasteiger partial charge in [-0.2, -0.15) is 4.31 Å². The van der Waals surface area contributed by atoms with E-state index in [2.05, 4.69) is 5.32 Å². The number of nitrogens with zero attached hydrogens (tertiary/aromatic N) is 1. The number of carbonyl (C=O) groups is 1. The molecule has 0 aromatic heterocycles. The van der Waals surface area contributed by atoms with E-state index >= 15 is 0 Å². The monoisotopic (exact) mass is 249 g/mol. The first-order chi connectivity index (χ1) is 7.45. The summed E-state index contributed by atoms with van der Waals surface area (Å²) in [4.78, 5) is 11.4. The SMILES string of the molecule is CCC(CN)S(=O)(=O)N1CCNC(=O)C1C. The first-order valence-corrected chi connectivity index (χ1v) is 6.93. The molecule has 1 aliphatic heterocycles. The summed E-state index contributed by atoms with van der Waals surface area (Å²) in [7, 11) is -3.46. The van der Waals surface area contributed by atoms with Gasteiger partial charge in [-0.25, -0.2) is 8.42 Å². The molecule has 94 valence electrons. The van der Waals surface area contributed by atoms with Gasteiger partial charge >= 0.3 is 0 Å². The van der Waals surface area contributed by atoms with Crippen LogP contribution in [-0.2, 0) is 14.8 Å². The van der Waals surface area contributed by atoms with Crippen molar-refractivity contribution in [3.8, 4) is 0 Å². The molecule has 7 heteroatoms. The second-order valence-electron chi connectivity index (χ2n) is 3.89. The molecule has 1 amide bonds. The molecule has 0 spiro atoms. The molecule has 0 aliphatic carbocycles. The van der Waals surface area contributed by atoms with Gasteiger partial charge in [0.05, 0.1) is 5.25 Å². The molecule has 0 aromatic carbocycles. The highest BCUT2D eigenvalue weighted by Crippen LogP contribution is 2.16. The lowest BCUT2D eigenvalue weighted by Gasteiger charge is -2.34. The van der Waals surface area contributed by atoms with Gasteiger partial charge in [-0.3, -0.25) is 4.79 Å². The van der Waals surface area contributed by atoms with Crippen molar-refractivity contribution in [2.75, 3.05) is 19.6 Å². The van der Waals surface area contributed by atoms with Gasteiger partial charge in [-0.15, -0.1) is 0 Å². The first-order valence-electron chi connectivity index (χ1n) is 5.43. The minimum absolute atomic E-state index is 0.0870. The third kappa shape index (κ3) is 2.36. The van der Waals surface area contributed by atoms with E-state index < -0.39 is 21.3 Å². The van der Waals surface area contributed by atoms with Gasteiger partial charge < -0.3 is 11.1 Å². The van der Waals surface area contributed by atoms with Gasteiger partial charge in [0.15, 0.2) is 0 Å². The van der Waals surface area contributed by atoms with Crippen LogP contribution < -0.4 is 11.1 Å². The molecular weight excluding hydrogens is 230 g/mol. The first kappa shape index (κ1) is 13.4. The average molecular weight is 249 g/mol. The molecule has 1 rings (SSSR count). The molecule has 1 heterocycles. The average Bonchev–Trinajstić information content (AvgIpc) is 2.23. The molecule has 0 saturated carbocycles. The lowest BCUT2D eigenvalue weighted by Crippen LogP contribution is -2.58. The number of rotatable bonds is 4. The largest absolute Gasteiger partial charge is 0.353 e. The molecule has 2 atom stereocenters. The summed E-state index contributed by atoms with van der Waals surface area (Å²) < 4.78 is 25.6. The standard InChI is InChI=1S/C9H19N3O3S/c1-3-8(6-10)16(14,15)12-5-4-11-9(13)7(12)2/h7-8H,3-6,10H2,1-2H3,(H,11,13). The minimum Gasteiger partial charge on any atom is -0.353 e. The maximum atomic E-state index is 12.2. The fourth-order valence-corrected chi connectivity index (χ4v) is 3.73. The third-order valence-corrected chi connectivity index (χ3v) is 5.43. The van der Waals surface area contributed by atoms with Crippen LogP contribution in [0.5, 0.6) is 0 Å². The second-order valence-corrected chi connectivity index (χ2v) is 6.05. The van der Waals surface area contributed by atoms with Crippen molar-refractivity contribution in [1.29, 1.82) is 0 Å². The van der Waals surface area contributed by atoms with Crippen molar-refractivity contribution in [2.45, 2.75) is 31.6 Å². The van der Waals surface area contributed by atoms with Crippen molar-refractivity contribution >= 4 is 15.9 Å². The van der Waals surface area contributed by atoms with Crippen LogP contribution in [0, 0.1) is 0 Å². The summed E-state index contributed by atoms with van der Waals surface area (Å²) in [6.45, 7) is 4.15. The van der Waals surface area contributed by atoms with Crippen LogP contribution in [-0.4, -0.2) is 49.6 Å². The Kier molecular flexibility index (Phi) is 4.28. The Labute approximate surface area is 96.2 Å². The van der Waals surface area contributed by atoms with E-state index in [1.807, 2.05) is 0 Å². The lowest BCUT2D eigenvalue weighted by molar-refractivity contribution is -0.126. The van der Waals surface area contributed by atoms with Crippen molar-refractivity contribution in [3.05, 3.63) is 0 Å². The molecule has 0 bridgehead atoms. The maximum absolute atomic E-state index is 12.2. The topological polar surface area (TPSA) is 92.5 Å². The highest BCUT2D eigenvalue weighted by molar-refractivity contribution is 7.89. The van der Waals surface area contributed by atoms with E-state index in [4.69, 9.17) is 5.73 Å². The van der Waals surface area contributed by atoms with E-state index in [1.54, 1.807) is 13.8 Å². The Balaban J connectivity index is 2.94. The molecule has 0 radical (unpaired) electrons. The normalized spacial score (nSPS) is 25.2. The number of carbonyl (C=O) groups excluding carboxylic acids is 1. The summed E-state index contributed by atoms with van der Waals surface area (Å²) in [5.74, 6) is -0.248. The van der Waals surface area contributed by atoms with Crippen molar-refractivity contribution < 1.29 is 13.2 Å². The summed E-state index contributed by atoms with van der Waals surface area (Å²) in [5.41, 5.74) is 5.45. The summed E-state index contributed by atoms with van der Waals surface area (Å²) >= 11 is 0. The maximum Gasteiger partial charge on any atom is 0.238 e. The van der Waals surface area contributed by atoms with E-state index in [9.17, 15) is 13.2 Å². The van der Waals surface area contributed by atoms with Crippen molar-refractivity contribution in [3.63, 3.8) is 0 Å². The Morgan fingerprint density at radius 2 is 2.25 bits per heavy atom. The smallest absolute Gasteiger partial charge is 0.238 e. The number of hydrogen-bond acceptors (Lipinski definition) is 4. The van der Waals surface area contributed by atoms with Gasteiger partial charge in [0, 0.05) is 19.6 Å². The van der Waals surface area contributed by atoms with Crippen LogP contribution in [0.1, 0.15) is 20.3 Å². The lowest BCUT2D eigenvalue weighted by atomic mass is 10.2. The molecule has 0 aromatic rings. The Hall–Kier alpha value is -0.660. The quantitative estimate of drug-likeness (QED) is 0.659. The van der Waals surface area contributed by atoms with Crippen LogP contribution in [0.3, 0.4) is 0 Å². The zero-order valence-corrected chi connectivity index (χ0v) is 10.5. The number of sulfonamides is 1. The van der Waals surface area contributed by atoms with Crippen LogP contribution in [0.4, 0.5) is 0 Å². The summed E-state index contributed by atoms with van der Waals surface area (Å²) in [6.07, 6.45) is 0.462. The Morgan fingerprint density at radius 3 is 2.75 bits per heavy atom. The molecule has 6 nitrogen and oxygen atoms in total. The number of piperazine rings is 1. The van der Waals surface area contributed by atoms with Gasteiger partial charge in [-0.05, 0) is 13.3 Å². The van der Waals surface area contributed by atoms with Gasteiger partial charge in [0.2, 0.25) is 15.9 Å². The predicted octanol–water partition coefficient (Wildman–Crippen LogP) is -1.13. The second kappa shape index (κ2) is 5.11. The van der Waals surface area contributed by atoms with Crippen LogP contribution in [0.2, 0.25) is 0 Å². The van der Waals surface area contributed by atoms with E-state index in [0.29, 0.717) is 19.5 Å². The van der Waals surface area contributed by atoms with Crippen LogP contribution >= 0.6 is 0 Å². The Morgan fingerprint density at radius 1 is 1.62 bits per heavy atom. The molecular formula is C9H19N3O3S. The van der Waals surface area contributed by atoms with Crippen molar-refractivity contribution in [1.82, 2.24) is 9.62 Å². The van der Waals surface area contributed by atoms with Gasteiger partial charge in [-0.1, -0.05) is 6.92 Å². The number of nitrogens with two attached hydrogens (primary N) is 1. The predicted molar refractivity (Wildman–Crippen MR) is 61.2 cm³/mol. The van der Waals surface area contributed by atoms with Crippen LogP contribution in [0.25, 0.3) is 0 Å². The van der Waals surface area contributed by atoms with Crippen LogP contribution in [0.15, 0.2) is 0 Å². The molecule has 16 heavy (non-hydrogen) atoms. The molecule has 3 N–H and O–H groups in total. The zero-order valence-electron chi connectivity index (χ0n) is 9.64. The molecule has 2 unspecified atom stereocenters. The minimum atomic E-state index is -3.46. The molecule has 1 aliphatic rings. The van der Waals surface area contributed by atoms with E-state index in [1.165, 1.54) is 4.31 Å². The number of nitrogens with one attached hydrogen (secondary N) is 1. The fraction of sp³-hybridized carbons (Fsp3) is 0.889. The van der Waals surface area contributed by atoms with Crippen molar-refractivity contribution in [2.24, 2.45) is 5.73 Å². The highest BCUT2D eigenvalue weighted by atomic mass is 32.2. The van der Waals surface area contributed by atoms with E-state index in [0.717, 1.165) is 0 Å². The summed E-state index contributed by atoms with van der Waals surface area (Å²) in [5, 5.41) is 2.04. The summed E-state index contributed by atoms with van der Waals surface area (Å²) in [6, 6.07) is -0.639. The third-order valence-electron chi connectivity index (χ3n) is 2.91. The number of amides is 1. The van der Waals surface area contributed by atoms with Gasteiger partial charge in [0.25, 0.3) is 0 Å². The number of hydrogen-bond donors (Lipinski definition) is 2. The fourth-order valence-electron chi connectivity index (χ4n) is 1.80. The molecule has 1 saturated heterocycles. The highest BCUT2D eigenvalue weighted by Gasteiger charge is 2.37. The molecule has 1 fully saturated rings. The Bertz CT molecular complexity index is 351. The van der Waals surface area contributed by atoms with E-state index in [-0.39, 0.29) is 12.5 Å².